The third-order valence-electron chi connectivity index (χ3n) is 4.60. The third-order valence-corrected chi connectivity index (χ3v) is 5.54. The molecule has 1 nitrogen and oxygen atoms in total. The van der Waals surface area contributed by atoms with Crippen molar-refractivity contribution in [3.05, 3.63) is 57.8 Å². The Kier molecular flexibility index (Phi) is 5.10. The maximum absolute atomic E-state index is 3.81. The summed E-state index contributed by atoms with van der Waals surface area (Å²) in [7, 11) is 0. The van der Waals surface area contributed by atoms with Gasteiger partial charge >= 0.3 is 0 Å². The molecule has 0 amide bonds. The lowest BCUT2D eigenvalue weighted by Gasteiger charge is -2.34. The van der Waals surface area contributed by atoms with Crippen LogP contribution < -0.4 is 5.32 Å². The Hall–Kier alpha value is -1.12. The van der Waals surface area contributed by atoms with E-state index in [1.165, 1.54) is 37.0 Å². The van der Waals surface area contributed by atoms with Gasteiger partial charge in [0.25, 0.3) is 0 Å². The zero-order chi connectivity index (χ0) is 14.5. The molecule has 0 fully saturated rings. The second-order valence-corrected chi connectivity index (χ2v) is 7.08. The van der Waals surface area contributed by atoms with Gasteiger partial charge in [0.2, 0.25) is 0 Å². The number of benzene rings is 1. The summed E-state index contributed by atoms with van der Waals surface area (Å²) in [6, 6.07) is 14.0. The van der Waals surface area contributed by atoms with Crippen molar-refractivity contribution in [2.75, 3.05) is 6.54 Å². The van der Waals surface area contributed by atoms with E-state index in [4.69, 9.17) is 0 Å². The lowest BCUT2D eigenvalue weighted by atomic mass is 9.77. The van der Waals surface area contributed by atoms with E-state index >= 15 is 0 Å². The van der Waals surface area contributed by atoms with Crippen LogP contribution in [0.25, 0.3) is 0 Å². The highest BCUT2D eigenvalue weighted by Gasteiger charge is 2.28. The van der Waals surface area contributed by atoms with Crippen LogP contribution in [0.15, 0.2) is 41.8 Å². The molecule has 1 aromatic heterocycles. The first-order chi connectivity index (χ1) is 10.4. The van der Waals surface area contributed by atoms with Gasteiger partial charge in [-0.1, -0.05) is 37.3 Å². The van der Waals surface area contributed by atoms with Gasteiger partial charge in [-0.3, -0.25) is 0 Å². The minimum absolute atomic E-state index is 0.551. The van der Waals surface area contributed by atoms with Crippen molar-refractivity contribution in [1.82, 2.24) is 5.32 Å². The molecule has 1 aliphatic rings. The summed E-state index contributed by atoms with van der Waals surface area (Å²) in [5.41, 5.74) is 3.10. The van der Waals surface area contributed by atoms with Gasteiger partial charge in [-0.15, -0.1) is 11.3 Å². The van der Waals surface area contributed by atoms with Gasteiger partial charge in [0.05, 0.1) is 0 Å². The standard InChI is InChI=1S/C19H25NS/c1-2-13-20-19-16(11-12-17-7-5-14-21-17)10-9-15-6-3-4-8-18(15)19/h3-8,14,16,19-20H,2,9-13H2,1H3. The molecule has 2 unspecified atom stereocenters. The van der Waals surface area contributed by atoms with E-state index in [1.54, 1.807) is 11.1 Å². The number of rotatable bonds is 6. The molecule has 0 saturated heterocycles. The molecule has 0 radical (unpaired) electrons. The summed E-state index contributed by atoms with van der Waals surface area (Å²) in [6.07, 6.45) is 6.31. The maximum Gasteiger partial charge on any atom is 0.0351 e. The van der Waals surface area contributed by atoms with E-state index in [0.29, 0.717) is 6.04 Å². The molecular formula is C19H25NS. The fraction of sp³-hybridized carbons (Fsp3) is 0.474. The minimum atomic E-state index is 0.551. The van der Waals surface area contributed by atoms with Crippen LogP contribution in [0.1, 0.15) is 48.2 Å². The summed E-state index contributed by atoms with van der Waals surface area (Å²) in [4.78, 5) is 1.53. The minimum Gasteiger partial charge on any atom is -0.310 e. The van der Waals surface area contributed by atoms with E-state index < -0.39 is 0 Å². The Labute approximate surface area is 132 Å². The molecule has 112 valence electrons. The first kappa shape index (κ1) is 14.8. The third kappa shape index (κ3) is 3.56. The largest absolute Gasteiger partial charge is 0.310 e. The second kappa shape index (κ2) is 7.24. The van der Waals surface area contributed by atoms with E-state index in [2.05, 4.69) is 54.0 Å². The van der Waals surface area contributed by atoms with Crippen LogP contribution in [0.4, 0.5) is 0 Å². The van der Waals surface area contributed by atoms with Gasteiger partial charge in [0, 0.05) is 10.9 Å². The van der Waals surface area contributed by atoms with Crippen molar-refractivity contribution >= 4 is 11.3 Å². The number of thiophene rings is 1. The molecule has 1 aromatic carbocycles. The first-order valence-electron chi connectivity index (χ1n) is 8.22. The van der Waals surface area contributed by atoms with Gasteiger partial charge in [-0.05, 0) is 67.1 Å². The topological polar surface area (TPSA) is 12.0 Å². The van der Waals surface area contributed by atoms with Gasteiger partial charge in [-0.2, -0.15) is 0 Å². The lowest BCUT2D eigenvalue weighted by Crippen LogP contribution is -2.33. The number of hydrogen-bond acceptors (Lipinski definition) is 2. The Morgan fingerprint density at radius 1 is 1.19 bits per heavy atom. The summed E-state index contributed by atoms with van der Waals surface area (Å²) >= 11 is 1.90. The van der Waals surface area contributed by atoms with Gasteiger partial charge in [0.15, 0.2) is 0 Å². The molecular weight excluding hydrogens is 274 g/mol. The van der Waals surface area contributed by atoms with E-state index in [9.17, 15) is 0 Å². The van der Waals surface area contributed by atoms with Crippen LogP contribution in [-0.4, -0.2) is 6.54 Å². The zero-order valence-corrected chi connectivity index (χ0v) is 13.7. The molecule has 1 N–H and O–H groups in total. The molecule has 1 heterocycles. The molecule has 3 rings (SSSR count). The van der Waals surface area contributed by atoms with Crippen LogP contribution in [0.5, 0.6) is 0 Å². The number of fused-ring (bicyclic) bond motifs is 1. The Balaban J connectivity index is 1.73. The Morgan fingerprint density at radius 2 is 2.10 bits per heavy atom. The normalized spacial score (nSPS) is 21.2. The predicted molar refractivity (Wildman–Crippen MR) is 91.9 cm³/mol. The summed E-state index contributed by atoms with van der Waals surface area (Å²) in [5, 5.41) is 6.00. The highest BCUT2D eigenvalue weighted by atomic mass is 32.1. The molecule has 0 saturated carbocycles. The van der Waals surface area contributed by atoms with Crippen molar-refractivity contribution in [3.8, 4) is 0 Å². The van der Waals surface area contributed by atoms with Gasteiger partial charge < -0.3 is 5.32 Å². The quantitative estimate of drug-likeness (QED) is 0.793. The highest BCUT2D eigenvalue weighted by molar-refractivity contribution is 7.09. The van der Waals surface area contributed by atoms with Crippen molar-refractivity contribution in [2.24, 2.45) is 5.92 Å². The molecule has 0 aliphatic heterocycles. The Bertz CT molecular complexity index is 546. The summed E-state index contributed by atoms with van der Waals surface area (Å²) in [5.74, 6) is 0.772. The Morgan fingerprint density at radius 3 is 2.90 bits per heavy atom. The van der Waals surface area contributed by atoms with E-state index in [-0.39, 0.29) is 0 Å². The molecule has 21 heavy (non-hydrogen) atoms. The van der Waals surface area contributed by atoms with Crippen molar-refractivity contribution in [2.45, 2.75) is 45.1 Å². The monoisotopic (exact) mass is 299 g/mol. The van der Waals surface area contributed by atoms with Crippen LogP contribution in [-0.2, 0) is 12.8 Å². The molecule has 0 spiro atoms. The fourth-order valence-electron chi connectivity index (χ4n) is 3.50. The first-order valence-corrected chi connectivity index (χ1v) is 9.10. The second-order valence-electron chi connectivity index (χ2n) is 6.05. The summed E-state index contributed by atoms with van der Waals surface area (Å²) < 4.78 is 0. The van der Waals surface area contributed by atoms with Crippen molar-refractivity contribution in [3.63, 3.8) is 0 Å². The van der Waals surface area contributed by atoms with Crippen LogP contribution >= 0.6 is 11.3 Å². The lowest BCUT2D eigenvalue weighted by molar-refractivity contribution is 0.304. The molecule has 0 bridgehead atoms. The van der Waals surface area contributed by atoms with Crippen LogP contribution in [0, 0.1) is 5.92 Å². The van der Waals surface area contributed by atoms with E-state index in [1.807, 2.05) is 11.3 Å². The SMILES string of the molecule is CCCNC1c2ccccc2CCC1CCc1cccs1. The fourth-order valence-corrected chi connectivity index (χ4v) is 4.22. The van der Waals surface area contributed by atoms with E-state index in [0.717, 1.165) is 12.5 Å². The zero-order valence-electron chi connectivity index (χ0n) is 12.8. The maximum atomic E-state index is 3.81. The van der Waals surface area contributed by atoms with Crippen LogP contribution in [0.2, 0.25) is 0 Å². The van der Waals surface area contributed by atoms with Gasteiger partial charge in [0.1, 0.15) is 0 Å². The van der Waals surface area contributed by atoms with Crippen LogP contribution in [0.3, 0.4) is 0 Å². The molecule has 2 atom stereocenters. The number of hydrogen-bond donors (Lipinski definition) is 1. The number of aryl methyl sites for hydroxylation is 2. The number of nitrogens with one attached hydrogen (secondary N) is 1. The predicted octanol–water partition coefficient (Wildman–Crippen LogP) is 4.98. The van der Waals surface area contributed by atoms with Gasteiger partial charge in [-0.25, -0.2) is 0 Å². The molecule has 1 aliphatic carbocycles. The average Bonchev–Trinajstić information content (AvgIpc) is 3.04. The summed E-state index contributed by atoms with van der Waals surface area (Å²) in [6.45, 7) is 3.37. The van der Waals surface area contributed by atoms with Crippen molar-refractivity contribution < 1.29 is 0 Å². The highest BCUT2D eigenvalue weighted by Crippen LogP contribution is 2.37. The molecule has 2 aromatic rings. The molecule has 2 heteroatoms. The van der Waals surface area contributed by atoms with Crippen molar-refractivity contribution in [1.29, 1.82) is 0 Å². The smallest absolute Gasteiger partial charge is 0.0351 e. The average molecular weight is 299 g/mol.